The lowest BCUT2D eigenvalue weighted by molar-refractivity contribution is 1.18. The summed E-state index contributed by atoms with van der Waals surface area (Å²) < 4.78 is 2.49. The second-order valence-corrected chi connectivity index (χ2v) is 15.3. The van der Waals surface area contributed by atoms with Gasteiger partial charge in [0.15, 0.2) is 0 Å². The van der Waals surface area contributed by atoms with Crippen molar-refractivity contribution in [3.63, 3.8) is 0 Å². The lowest BCUT2D eigenvalue weighted by Gasteiger charge is -2.26. The molecule has 0 amide bonds. The third-order valence-corrected chi connectivity index (χ3v) is 11.8. The van der Waals surface area contributed by atoms with Crippen LogP contribution in [-0.4, -0.2) is 4.57 Å². The maximum atomic E-state index is 2.49. The van der Waals surface area contributed by atoms with E-state index in [2.05, 4.69) is 252 Å². The van der Waals surface area contributed by atoms with Gasteiger partial charge in [0.25, 0.3) is 0 Å². The molecule has 0 radical (unpaired) electrons. The van der Waals surface area contributed by atoms with Crippen molar-refractivity contribution in [2.24, 2.45) is 0 Å². The van der Waals surface area contributed by atoms with Crippen LogP contribution in [0, 0.1) is 0 Å². The van der Waals surface area contributed by atoms with Gasteiger partial charge in [-0.25, -0.2) is 0 Å². The molecule has 2 heteroatoms. The molecule has 282 valence electrons. The summed E-state index contributed by atoms with van der Waals surface area (Å²) in [6.07, 6.45) is 0. The van der Waals surface area contributed by atoms with Crippen LogP contribution in [0.1, 0.15) is 0 Å². The van der Waals surface area contributed by atoms with Gasteiger partial charge in [0, 0.05) is 33.4 Å². The Bertz CT molecular complexity index is 3190. The summed E-state index contributed by atoms with van der Waals surface area (Å²) in [6, 6.07) is 88.0. The first-order chi connectivity index (χ1) is 29.8. The summed E-state index contributed by atoms with van der Waals surface area (Å²) in [4.78, 5) is 2.38. The van der Waals surface area contributed by atoms with Gasteiger partial charge in [-0.3, -0.25) is 0 Å². The van der Waals surface area contributed by atoms with Crippen LogP contribution in [0.5, 0.6) is 0 Å². The van der Waals surface area contributed by atoms with E-state index in [0.29, 0.717) is 0 Å². The minimum absolute atomic E-state index is 1.08. The normalized spacial score (nSPS) is 11.3. The molecule has 0 aliphatic heterocycles. The molecule has 0 spiro atoms. The first-order valence-corrected chi connectivity index (χ1v) is 20.6. The van der Waals surface area contributed by atoms with Gasteiger partial charge in [-0.1, -0.05) is 194 Å². The monoisotopic (exact) mass is 764 g/mol. The molecule has 10 aromatic carbocycles. The number of rotatable bonds is 8. The number of hydrogen-bond donors (Lipinski definition) is 0. The lowest BCUT2D eigenvalue weighted by atomic mass is 9.94. The van der Waals surface area contributed by atoms with E-state index in [9.17, 15) is 0 Å². The van der Waals surface area contributed by atoms with E-state index in [1.54, 1.807) is 0 Å². The van der Waals surface area contributed by atoms with E-state index < -0.39 is 0 Å². The van der Waals surface area contributed by atoms with Crippen molar-refractivity contribution in [3.8, 4) is 50.2 Å². The average Bonchev–Trinajstić information content (AvgIpc) is 3.66. The standard InChI is InChI=1S/C58H40N2/c1-4-15-41(16-5-1)43-27-32-48(33-28-43)59(49-34-29-44(30-35-49)42-17-6-2-7-18-42)50-36-38-55-54-24-12-13-26-56(54)60(58(55)40-50)57-39-47(31-37-53(57)46-19-8-3-9-20-46)52-25-14-22-45-21-10-11-23-51(45)52/h1-40H. The SMILES string of the molecule is c1ccc(-c2ccc(N(c3ccc(-c4ccccc4)cc3)c3ccc4c5ccccc5n(-c5cc(-c6cccc7ccccc67)ccc5-c5ccccc5)c4c3)cc2)cc1. The zero-order chi connectivity index (χ0) is 39.8. The maximum absolute atomic E-state index is 2.49. The number of nitrogens with zero attached hydrogens (tertiary/aromatic N) is 2. The molecule has 0 saturated carbocycles. The Labute approximate surface area is 350 Å². The quantitative estimate of drug-likeness (QED) is 0.150. The van der Waals surface area contributed by atoms with Crippen LogP contribution < -0.4 is 4.90 Å². The molecule has 0 atom stereocenters. The average molecular weight is 765 g/mol. The summed E-state index contributed by atoms with van der Waals surface area (Å²) in [5.41, 5.74) is 16.3. The molecular formula is C58H40N2. The van der Waals surface area contributed by atoms with Crippen LogP contribution in [0.25, 0.3) is 82.8 Å². The first kappa shape index (κ1) is 35.2. The van der Waals surface area contributed by atoms with E-state index in [1.165, 1.54) is 71.6 Å². The fraction of sp³-hybridized carbons (Fsp3) is 0. The summed E-state index contributed by atoms with van der Waals surface area (Å²) >= 11 is 0. The fourth-order valence-corrected chi connectivity index (χ4v) is 8.90. The number of aromatic nitrogens is 1. The van der Waals surface area contributed by atoms with E-state index in [4.69, 9.17) is 0 Å². The van der Waals surface area contributed by atoms with Crippen LogP contribution in [0.15, 0.2) is 243 Å². The molecule has 0 saturated heterocycles. The maximum Gasteiger partial charge on any atom is 0.0562 e. The van der Waals surface area contributed by atoms with Crippen molar-refractivity contribution >= 4 is 49.6 Å². The number of anilines is 3. The number of benzene rings is 10. The molecule has 1 heterocycles. The molecule has 11 rings (SSSR count). The van der Waals surface area contributed by atoms with Gasteiger partial charge < -0.3 is 9.47 Å². The van der Waals surface area contributed by atoms with Gasteiger partial charge in [0.05, 0.1) is 16.7 Å². The number of fused-ring (bicyclic) bond motifs is 4. The molecule has 60 heavy (non-hydrogen) atoms. The Morgan fingerprint density at radius 2 is 0.750 bits per heavy atom. The summed E-state index contributed by atoms with van der Waals surface area (Å²) in [5.74, 6) is 0. The highest BCUT2D eigenvalue weighted by Gasteiger charge is 2.20. The second kappa shape index (κ2) is 15.1. The topological polar surface area (TPSA) is 8.17 Å². The molecular weight excluding hydrogens is 725 g/mol. The molecule has 0 bridgehead atoms. The van der Waals surface area contributed by atoms with Crippen molar-refractivity contribution in [1.29, 1.82) is 0 Å². The molecule has 2 nitrogen and oxygen atoms in total. The molecule has 1 aromatic heterocycles. The van der Waals surface area contributed by atoms with Gasteiger partial charge >= 0.3 is 0 Å². The highest BCUT2D eigenvalue weighted by Crippen LogP contribution is 2.43. The highest BCUT2D eigenvalue weighted by atomic mass is 15.1. The van der Waals surface area contributed by atoms with Crippen molar-refractivity contribution in [1.82, 2.24) is 4.57 Å². The molecule has 11 aromatic rings. The van der Waals surface area contributed by atoms with E-state index in [0.717, 1.165) is 28.3 Å². The van der Waals surface area contributed by atoms with Crippen molar-refractivity contribution < 1.29 is 0 Å². The summed E-state index contributed by atoms with van der Waals surface area (Å²) in [6.45, 7) is 0. The Morgan fingerprint density at radius 1 is 0.267 bits per heavy atom. The number of hydrogen-bond acceptors (Lipinski definition) is 1. The minimum atomic E-state index is 1.08. The largest absolute Gasteiger partial charge is 0.310 e. The molecule has 0 N–H and O–H groups in total. The molecule has 0 unspecified atom stereocenters. The zero-order valence-electron chi connectivity index (χ0n) is 33.0. The van der Waals surface area contributed by atoms with Crippen LogP contribution in [-0.2, 0) is 0 Å². The Hall–Kier alpha value is -7.94. The lowest BCUT2D eigenvalue weighted by Crippen LogP contribution is -2.10. The third-order valence-electron chi connectivity index (χ3n) is 11.8. The molecule has 0 aliphatic rings. The summed E-state index contributed by atoms with van der Waals surface area (Å²) in [7, 11) is 0. The third kappa shape index (κ3) is 6.32. The van der Waals surface area contributed by atoms with Crippen molar-refractivity contribution in [2.45, 2.75) is 0 Å². The van der Waals surface area contributed by atoms with Crippen molar-refractivity contribution in [2.75, 3.05) is 4.90 Å². The Morgan fingerprint density at radius 3 is 1.40 bits per heavy atom. The van der Waals surface area contributed by atoms with E-state index in [-0.39, 0.29) is 0 Å². The number of para-hydroxylation sites is 1. The summed E-state index contributed by atoms with van der Waals surface area (Å²) in [5, 5.41) is 4.91. The zero-order valence-corrected chi connectivity index (χ0v) is 33.0. The van der Waals surface area contributed by atoms with Gasteiger partial charge in [-0.05, 0) is 98.2 Å². The fourth-order valence-electron chi connectivity index (χ4n) is 8.90. The first-order valence-electron chi connectivity index (χ1n) is 20.6. The minimum Gasteiger partial charge on any atom is -0.310 e. The van der Waals surface area contributed by atoms with E-state index >= 15 is 0 Å². The molecule has 0 fully saturated rings. The van der Waals surface area contributed by atoms with Crippen LogP contribution in [0.3, 0.4) is 0 Å². The smallest absolute Gasteiger partial charge is 0.0562 e. The van der Waals surface area contributed by atoms with Gasteiger partial charge in [-0.15, -0.1) is 0 Å². The van der Waals surface area contributed by atoms with E-state index in [1.807, 2.05) is 0 Å². The highest BCUT2D eigenvalue weighted by molar-refractivity contribution is 6.11. The van der Waals surface area contributed by atoms with Gasteiger partial charge in [0.1, 0.15) is 0 Å². The molecule has 0 aliphatic carbocycles. The predicted octanol–water partition coefficient (Wildman–Crippen LogP) is 16.1. The Kier molecular flexibility index (Phi) is 8.87. The van der Waals surface area contributed by atoms with Crippen molar-refractivity contribution in [3.05, 3.63) is 243 Å². The van der Waals surface area contributed by atoms with Crippen LogP contribution >= 0.6 is 0 Å². The second-order valence-electron chi connectivity index (χ2n) is 15.3. The van der Waals surface area contributed by atoms with Crippen LogP contribution in [0.2, 0.25) is 0 Å². The van der Waals surface area contributed by atoms with Gasteiger partial charge in [0.2, 0.25) is 0 Å². The Balaban J connectivity index is 1.14. The van der Waals surface area contributed by atoms with Crippen LogP contribution in [0.4, 0.5) is 17.1 Å². The van der Waals surface area contributed by atoms with Gasteiger partial charge in [-0.2, -0.15) is 0 Å². The predicted molar refractivity (Wildman–Crippen MR) is 255 cm³/mol.